The summed E-state index contributed by atoms with van der Waals surface area (Å²) >= 11 is 0. The van der Waals surface area contributed by atoms with Crippen LogP contribution >= 0.6 is 0 Å². The smallest absolute Gasteiger partial charge is 0.131 e. The van der Waals surface area contributed by atoms with Crippen LogP contribution in [0.25, 0.3) is 0 Å². The van der Waals surface area contributed by atoms with E-state index in [0.717, 1.165) is 50.4 Å². The standard InChI is InChI=1S/C13H21N3O/c1-2-11(14)9-12-3-6-15-13(16-12)10-4-7-17-8-5-10/h3,6,10-11H,2,4-5,7-9,14H2,1H3. The van der Waals surface area contributed by atoms with Gasteiger partial charge in [-0.3, -0.25) is 0 Å². The van der Waals surface area contributed by atoms with Crippen molar-refractivity contribution < 1.29 is 4.74 Å². The lowest BCUT2D eigenvalue weighted by Crippen LogP contribution is -2.23. The minimum absolute atomic E-state index is 0.201. The maximum atomic E-state index is 5.95. The van der Waals surface area contributed by atoms with Crippen LogP contribution in [0.15, 0.2) is 12.3 Å². The van der Waals surface area contributed by atoms with Gasteiger partial charge in [0.15, 0.2) is 0 Å². The molecule has 94 valence electrons. The number of nitrogens with zero attached hydrogens (tertiary/aromatic N) is 2. The van der Waals surface area contributed by atoms with Gasteiger partial charge >= 0.3 is 0 Å². The molecule has 0 aliphatic carbocycles. The third-order valence-corrected chi connectivity index (χ3v) is 3.31. The highest BCUT2D eigenvalue weighted by Gasteiger charge is 2.18. The predicted molar refractivity (Wildman–Crippen MR) is 66.8 cm³/mol. The second kappa shape index (κ2) is 6.07. The molecule has 1 unspecified atom stereocenters. The summed E-state index contributed by atoms with van der Waals surface area (Å²) in [5.41, 5.74) is 7.02. The molecule has 0 spiro atoms. The fourth-order valence-electron chi connectivity index (χ4n) is 2.09. The van der Waals surface area contributed by atoms with Gasteiger partial charge in [0.25, 0.3) is 0 Å². The van der Waals surface area contributed by atoms with E-state index in [1.165, 1.54) is 0 Å². The fraction of sp³-hybridized carbons (Fsp3) is 0.692. The van der Waals surface area contributed by atoms with Crippen molar-refractivity contribution >= 4 is 0 Å². The molecule has 0 amide bonds. The van der Waals surface area contributed by atoms with Crippen LogP contribution in [0.3, 0.4) is 0 Å². The average molecular weight is 235 g/mol. The summed E-state index contributed by atoms with van der Waals surface area (Å²) in [4.78, 5) is 9.03. The molecule has 1 saturated heterocycles. The minimum Gasteiger partial charge on any atom is -0.381 e. The van der Waals surface area contributed by atoms with Gasteiger partial charge in [-0.05, 0) is 25.3 Å². The Bertz CT molecular complexity index is 350. The largest absolute Gasteiger partial charge is 0.381 e. The summed E-state index contributed by atoms with van der Waals surface area (Å²) in [7, 11) is 0. The summed E-state index contributed by atoms with van der Waals surface area (Å²) in [6, 6.07) is 2.17. The van der Waals surface area contributed by atoms with E-state index in [0.29, 0.717) is 5.92 Å². The van der Waals surface area contributed by atoms with Crippen LogP contribution < -0.4 is 5.73 Å². The molecule has 1 aliphatic rings. The van der Waals surface area contributed by atoms with Crippen LogP contribution in [-0.2, 0) is 11.2 Å². The summed E-state index contributed by atoms with van der Waals surface area (Å²) in [6.45, 7) is 3.75. The predicted octanol–water partition coefficient (Wildman–Crippen LogP) is 1.65. The van der Waals surface area contributed by atoms with Gasteiger partial charge in [-0.1, -0.05) is 6.92 Å². The van der Waals surface area contributed by atoms with E-state index in [1.54, 1.807) is 0 Å². The van der Waals surface area contributed by atoms with Gasteiger partial charge in [-0.25, -0.2) is 9.97 Å². The summed E-state index contributed by atoms with van der Waals surface area (Å²) in [6.07, 6.45) is 5.74. The van der Waals surface area contributed by atoms with E-state index in [2.05, 4.69) is 16.9 Å². The lowest BCUT2D eigenvalue weighted by molar-refractivity contribution is 0.0835. The maximum absolute atomic E-state index is 5.95. The molecule has 2 N–H and O–H groups in total. The van der Waals surface area contributed by atoms with Crippen molar-refractivity contribution in [2.75, 3.05) is 13.2 Å². The van der Waals surface area contributed by atoms with E-state index in [1.807, 2.05) is 12.3 Å². The van der Waals surface area contributed by atoms with E-state index in [9.17, 15) is 0 Å². The van der Waals surface area contributed by atoms with Gasteiger partial charge in [-0.2, -0.15) is 0 Å². The number of aromatic nitrogens is 2. The summed E-state index contributed by atoms with van der Waals surface area (Å²) < 4.78 is 5.36. The first-order valence-corrected chi connectivity index (χ1v) is 6.44. The summed E-state index contributed by atoms with van der Waals surface area (Å²) in [5.74, 6) is 1.43. The van der Waals surface area contributed by atoms with Gasteiger partial charge in [0.2, 0.25) is 0 Å². The van der Waals surface area contributed by atoms with Crippen LogP contribution in [-0.4, -0.2) is 29.2 Å². The number of nitrogens with two attached hydrogens (primary N) is 1. The topological polar surface area (TPSA) is 61.0 Å². The van der Waals surface area contributed by atoms with Gasteiger partial charge in [0.05, 0.1) is 0 Å². The zero-order valence-electron chi connectivity index (χ0n) is 10.4. The Balaban J connectivity index is 2.05. The molecule has 2 rings (SSSR count). The molecule has 2 heterocycles. The second-order valence-electron chi connectivity index (χ2n) is 4.67. The van der Waals surface area contributed by atoms with Crippen LogP contribution in [0, 0.1) is 0 Å². The van der Waals surface area contributed by atoms with E-state index in [-0.39, 0.29) is 6.04 Å². The molecular formula is C13H21N3O. The molecule has 0 saturated carbocycles. The number of ether oxygens (including phenoxy) is 1. The quantitative estimate of drug-likeness (QED) is 0.862. The maximum Gasteiger partial charge on any atom is 0.131 e. The molecule has 0 bridgehead atoms. The van der Waals surface area contributed by atoms with Crippen molar-refractivity contribution in [1.82, 2.24) is 9.97 Å². The summed E-state index contributed by atoms with van der Waals surface area (Å²) in [5, 5.41) is 0. The highest BCUT2D eigenvalue weighted by Crippen LogP contribution is 2.23. The first-order valence-electron chi connectivity index (χ1n) is 6.44. The monoisotopic (exact) mass is 235 g/mol. The third-order valence-electron chi connectivity index (χ3n) is 3.31. The van der Waals surface area contributed by atoms with Crippen molar-refractivity contribution in [3.05, 3.63) is 23.8 Å². The van der Waals surface area contributed by atoms with Crippen LogP contribution in [0.1, 0.15) is 43.6 Å². The van der Waals surface area contributed by atoms with Crippen LogP contribution in [0.2, 0.25) is 0 Å². The lowest BCUT2D eigenvalue weighted by Gasteiger charge is -2.21. The molecule has 1 aromatic rings. The molecule has 1 fully saturated rings. The van der Waals surface area contributed by atoms with Crippen LogP contribution in [0.5, 0.6) is 0 Å². The molecule has 4 heteroatoms. The molecule has 17 heavy (non-hydrogen) atoms. The molecule has 0 aromatic carbocycles. The Labute approximate surface area is 103 Å². The second-order valence-corrected chi connectivity index (χ2v) is 4.67. The van der Waals surface area contributed by atoms with E-state index >= 15 is 0 Å². The molecular weight excluding hydrogens is 214 g/mol. The van der Waals surface area contributed by atoms with Crippen molar-refractivity contribution in [3.63, 3.8) is 0 Å². The number of rotatable bonds is 4. The zero-order valence-corrected chi connectivity index (χ0v) is 10.4. The number of hydrogen-bond acceptors (Lipinski definition) is 4. The van der Waals surface area contributed by atoms with Gasteiger partial charge in [-0.15, -0.1) is 0 Å². The molecule has 1 aliphatic heterocycles. The Morgan fingerprint density at radius 3 is 2.94 bits per heavy atom. The van der Waals surface area contributed by atoms with Crippen LogP contribution in [0.4, 0.5) is 0 Å². The van der Waals surface area contributed by atoms with Crippen molar-refractivity contribution in [3.8, 4) is 0 Å². The Morgan fingerprint density at radius 1 is 1.47 bits per heavy atom. The minimum atomic E-state index is 0.201. The molecule has 4 nitrogen and oxygen atoms in total. The van der Waals surface area contributed by atoms with Gasteiger partial charge in [0.1, 0.15) is 5.82 Å². The van der Waals surface area contributed by atoms with Gasteiger partial charge < -0.3 is 10.5 Å². The lowest BCUT2D eigenvalue weighted by atomic mass is 9.99. The number of hydrogen-bond donors (Lipinski definition) is 1. The van der Waals surface area contributed by atoms with E-state index in [4.69, 9.17) is 10.5 Å². The average Bonchev–Trinajstić information content (AvgIpc) is 2.40. The molecule has 0 radical (unpaired) electrons. The zero-order chi connectivity index (χ0) is 12.1. The first-order chi connectivity index (χ1) is 8.29. The third kappa shape index (κ3) is 3.48. The molecule has 1 aromatic heterocycles. The SMILES string of the molecule is CCC(N)Cc1ccnc(C2CCOCC2)n1. The molecule has 1 atom stereocenters. The van der Waals surface area contributed by atoms with Gasteiger partial charge in [0, 0.05) is 43.5 Å². The van der Waals surface area contributed by atoms with Crippen molar-refractivity contribution in [1.29, 1.82) is 0 Å². The first kappa shape index (κ1) is 12.5. The Morgan fingerprint density at radius 2 is 2.24 bits per heavy atom. The Hall–Kier alpha value is -1.00. The fourth-order valence-corrected chi connectivity index (χ4v) is 2.09. The Kier molecular flexibility index (Phi) is 4.45. The van der Waals surface area contributed by atoms with E-state index < -0.39 is 0 Å². The van der Waals surface area contributed by atoms with Crippen molar-refractivity contribution in [2.45, 2.75) is 44.6 Å². The highest BCUT2D eigenvalue weighted by molar-refractivity contribution is 5.07. The normalized spacial score (nSPS) is 19.2. The highest BCUT2D eigenvalue weighted by atomic mass is 16.5. The van der Waals surface area contributed by atoms with Crippen molar-refractivity contribution in [2.24, 2.45) is 5.73 Å².